The molecule has 10 heavy (non-hydrogen) atoms. The minimum absolute atomic E-state index is 1.06. The molecule has 2 atom stereocenters. The largest absolute Gasteiger partial charge is 0.159 e. The Morgan fingerprint density at radius 2 is 2.00 bits per heavy atom. The summed E-state index contributed by atoms with van der Waals surface area (Å²) in [5, 5.41) is 1.06. The van der Waals surface area contributed by atoms with Crippen molar-refractivity contribution in [3.05, 3.63) is 0 Å². The monoisotopic (exact) mass is 156 g/mol. The molecule has 0 amide bonds. The maximum absolute atomic E-state index is 2.24. The molecule has 0 N–H and O–H groups in total. The quantitative estimate of drug-likeness (QED) is 0.519. The number of thioether (sulfide) groups is 1. The van der Waals surface area contributed by atoms with Gasteiger partial charge in [0, 0.05) is 5.25 Å². The van der Waals surface area contributed by atoms with Crippen molar-refractivity contribution in [3.63, 3.8) is 0 Å². The van der Waals surface area contributed by atoms with E-state index in [1.807, 2.05) is 0 Å². The number of rotatable bonds is 0. The van der Waals surface area contributed by atoms with E-state index < -0.39 is 0 Å². The minimum Gasteiger partial charge on any atom is -0.159 e. The lowest BCUT2D eigenvalue weighted by Crippen LogP contribution is -2.03. The summed E-state index contributed by atoms with van der Waals surface area (Å²) in [4.78, 5) is 0. The zero-order chi connectivity index (χ0) is 6.81. The van der Waals surface area contributed by atoms with Crippen molar-refractivity contribution >= 4 is 11.8 Å². The topological polar surface area (TPSA) is 0 Å². The van der Waals surface area contributed by atoms with E-state index in [0.717, 1.165) is 11.2 Å². The molecule has 2 unspecified atom stereocenters. The van der Waals surface area contributed by atoms with E-state index in [1.165, 1.54) is 37.9 Å². The van der Waals surface area contributed by atoms with E-state index in [-0.39, 0.29) is 0 Å². The summed E-state index contributed by atoms with van der Waals surface area (Å²) in [6.45, 7) is 0. The third-order valence-corrected chi connectivity index (χ3v) is 4.28. The average molecular weight is 156 g/mol. The molecule has 0 aromatic rings. The van der Waals surface area contributed by atoms with Crippen LogP contribution in [-0.4, -0.2) is 11.0 Å². The summed E-state index contributed by atoms with van der Waals surface area (Å²) in [5.41, 5.74) is 0. The first-order valence-electron chi connectivity index (χ1n) is 4.57. The van der Waals surface area contributed by atoms with Crippen LogP contribution in [0.25, 0.3) is 0 Å². The SMILES string of the molecule is C1CCC2CCC(C2)SC1. The molecule has 1 heterocycles. The Labute approximate surface area is 67.8 Å². The molecule has 0 aromatic carbocycles. The maximum atomic E-state index is 2.24. The van der Waals surface area contributed by atoms with Crippen molar-refractivity contribution in [2.45, 2.75) is 43.8 Å². The minimum atomic E-state index is 1.06. The molecule has 2 fully saturated rings. The van der Waals surface area contributed by atoms with E-state index in [9.17, 15) is 0 Å². The first-order chi connectivity index (χ1) is 4.95. The predicted octanol–water partition coefficient (Wildman–Crippen LogP) is 3.07. The molecule has 1 aliphatic heterocycles. The maximum Gasteiger partial charge on any atom is 0.00497 e. The van der Waals surface area contributed by atoms with Gasteiger partial charge < -0.3 is 0 Å². The fraction of sp³-hybridized carbons (Fsp3) is 1.00. The van der Waals surface area contributed by atoms with Crippen LogP contribution in [0.1, 0.15) is 38.5 Å². The molecule has 0 aromatic heterocycles. The second-order valence-corrected chi connectivity index (χ2v) is 5.08. The van der Waals surface area contributed by atoms with Gasteiger partial charge in [-0.1, -0.05) is 12.8 Å². The molecular weight excluding hydrogens is 140 g/mol. The Kier molecular flexibility index (Phi) is 2.22. The fourth-order valence-corrected chi connectivity index (χ4v) is 3.64. The second-order valence-electron chi connectivity index (χ2n) is 3.67. The summed E-state index contributed by atoms with van der Waals surface area (Å²) in [5.74, 6) is 2.56. The highest BCUT2D eigenvalue weighted by atomic mass is 32.2. The summed E-state index contributed by atoms with van der Waals surface area (Å²) in [7, 11) is 0. The van der Waals surface area contributed by atoms with E-state index in [2.05, 4.69) is 11.8 Å². The van der Waals surface area contributed by atoms with Crippen LogP contribution in [0.2, 0.25) is 0 Å². The zero-order valence-electron chi connectivity index (χ0n) is 6.51. The molecule has 2 rings (SSSR count). The van der Waals surface area contributed by atoms with Gasteiger partial charge in [0.2, 0.25) is 0 Å². The lowest BCUT2D eigenvalue weighted by Gasteiger charge is -2.14. The fourth-order valence-electron chi connectivity index (χ4n) is 2.23. The lowest BCUT2D eigenvalue weighted by molar-refractivity contribution is 0.479. The normalized spacial score (nSPS) is 40.8. The molecule has 2 bridgehead atoms. The number of fused-ring (bicyclic) bond motifs is 2. The highest BCUT2D eigenvalue weighted by Crippen LogP contribution is 2.38. The molecule has 0 nitrogen and oxygen atoms in total. The molecule has 1 aliphatic carbocycles. The van der Waals surface area contributed by atoms with Crippen LogP contribution in [0.4, 0.5) is 0 Å². The van der Waals surface area contributed by atoms with Crippen LogP contribution in [0.5, 0.6) is 0 Å². The molecule has 58 valence electrons. The first kappa shape index (κ1) is 7.02. The molecule has 0 radical (unpaired) electrons. The van der Waals surface area contributed by atoms with Crippen molar-refractivity contribution in [1.82, 2.24) is 0 Å². The van der Waals surface area contributed by atoms with Gasteiger partial charge in [-0.2, -0.15) is 11.8 Å². The standard InChI is InChI=1S/C9H16S/c1-2-6-10-9-5-4-8(3-1)7-9/h8-9H,1-7H2. The van der Waals surface area contributed by atoms with E-state index in [0.29, 0.717) is 0 Å². The highest BCUT2D eigenvalue weighted by molar-refractivity contribution is 7.99. The van der Waals surface area contributed by atoms with E-state index >= 15 is 0 Å². The van der Waals surface area contributed by atoms with Gasteiger partial charge >= 0.3 is 0 Å². The molecule has 1 saturated carbocycles. The smallest absolute Gasteiger partial charge is 0.00497 e. The van der Waals surface area contributed by atoms with E-state index in [1.54, 1.807) is 6.42 Å². The van der Waals surface area contributed by atoms with Gasteiger partial charge in [0.15, 0.2) is 0 Å². The van der Waals surface area contributed by atoms with Crippen LogP contribution in [0.15, 0.2) is 0 Å². The molecule has 0 spiro atoms. The Balaban J connectivity index is 1.91. The van der Waals surface area contributed by atoms with Gasteiger partial charge in [-0.15, -0.1) is 0 Å². The third kappa shape index (κ3) is 1.50. The average Bonchev–Trinajstić information content (AvgIpc) is 2.30. The van der Waals surface area contributed by atoms with Crippen LogP contribution in [0, 0.1) is 5.92 Å². The van der Waals surface area contributed by atoms with Gasteiger partial charge in [-0.05, 0) is 37.4 Å². The van der Waals surface area contributed by atoms with Crippen molar-refractivity contribution < 1.29 is 0 Å². The van der Waals surface area contributed by atoms with Gasteiger partial charge in [0.05, 0.1) is 0 Å². The van der Waals surface area contributed by atoms with Gasteiger partial charge in [0.25, 0.3) is 0 Å². The lowest BCUT2D eigenvalue weighted by atomic mass is 10.0. The van der Waals surface area contributed by atoms with Crippen molar-refractivity contribution in [3.8, 4) is 0 Å². The van der Waals surface area contributed by atoms with Gasteiger partial charge in [-0.25, -0.2) is 0 Å². The predicted molar refractivity (Wildman–Crippen MR) is 47.4 cm³/mol. The summed E-state index contributed by atoms with van der Waals surface area (Å²) < 4.78 is 0. The first-order valence-corrected chi connectivity index (χ1v) is 5.61. The zero-order valence-corrected chi connectivity index (χ0v) is 7.33. The van der Waals surface area contributed by atoms with Crippen LogP contribution in [-0.2, 0) is 0 Å². The van der Waals surface area contributed by atoms with Crippen molar-refractivity contribution in [2.75, 3.05) is 5.75 Å². The van der Waals surface area contributed by atoms with E-state index in [4.69, 9.17) is 0 Å². The second kappa shape index (κ2) is 3.17. The van der Waals surface area contributed by atoms with Gasteiger partial charge in [-0.3, -0.25) is 0 Å². The Morgan fingerprint density at radius 1 is 1.00 bits per heavy atom. The summed E-state index contributed by atoms with van der Waals surface area (Å²) >= 11 is 2.24. The van der Waals surface area contributed by atoms with Crippen molar-refractivity contribution in [2.24, 2.45) is 5.92 Å². The highest BCUT2D eigenvalue weighted by Gasteiger charge is 2.25. The number of hydrogen-bond acceptors (Lipinski definition) is 1. The Bertz CT molecular complexity index is 99.3. The molecule has 1 heteroatoms. The van der Waals surface area contributed by atoms with Crippen molar-refractivity contribution in [1.29, 1.82) is 0 Å². The Hall–Kier alpha value is 0.350. The van der Waals surface area contributed by atoms with Gasteiger partial charge in [0.1, 0.15) is 0 Å². The molecule has 1 saturated heterocycles. The van der Waals surface area contributed by atoms with Crippen LogP contribution >= 0.6 is 11.8 Å². The van der Waals surface area contributed by atoms with Crippen LogP contribution < -0.4 is 0 Å². The summed E-state index contributed by atoms with van der Waals surface area (Å²) in [6, 6.07) is 0. The number of hydrogen-bond donors (Lipinski definition) is 0. The third-order valence-electron chi connectivity index (χ3n) is 2.85. The Morgan fingerprint density at radius 3 is 3.00 bits per heavy atom. The molecule has 2 aliphatic rings. The molecular formula is C9H16S. The van der Waals surface area contributed by atoms with Crippen LogP contribution in [0.3, 0.4) is 0 Å². The summed E-state index contributed by atoms with van der Waals surface area (Å²) in [6.07, 6.45) is 9.14.